The summed E-state index contributed by atoms with van der Waals surface area (Å²) in [5.41, 5.74) is 18.3. The Morgan fingerprint density at radius 1 is 0.323 bits per heavy atom. The van der Waals surface area contributed by atoms with Gasteiger partial charge >= 0.3 is 0 Å². The minimum atomic E-state index is -0.300. The highest BCUT2D eigenvalue weighted by molar-refractivity contribution is 6.27. The third-order valence-corrected chi connectivity index (χ3v) is 17.6. The number of hydrogen-bond acceptors (Lipinski definition) is 8. The number of rotatable bonds is 14. The number of nitrogens with zero attached hydrogens (tertiary/aromatic N) is 8. The Hall–Kier alpha value is -13.4. The molecule has 2 N–H and O–H groups in total. The van der Waals surface area contributed by atoms with Crippen molar-refractivity contribution in [2.24, 2.45) is 9.98 Å². The third-order valence-electron chi connectivity index (χ3n) is 17.6. The van der Waals surface area contributed by atoms with Crippen molar-refractivity contribution in [2.75, 3.05) is 20.4 Å². The SMILES string of the molecule is N#C/C(=C(/C#N)c1ccc(N(c2ccc(-c3ccc(F)cc3)cc2)c2ccc(-c3ccc(N=C4Nc5cccc6cccc4c56)nc3)cc2)cc1)c1ccc(N(c2ccc(-c3ccc(F)cc3)cc2)c2ccc(-c3ccc(N=C4Nc5cccc6cccc4c56)nc3)cc2)cc1. The van der Waals surface area contributed by atoms with Crippen molar-refractivity contribution in [3.8, 4) is 56.6 Å². The highest BCUT2D eigenvalue weighted by atomic mass is 19.1. The highest BCUT2D eigenvalue weighted by Crippen LogP contribution is 2.42. The first-order valence-electron chi connectivity index (χ1n) is 31.2. The molecule has 12 heteroatoms. The fourth-order valence-corrected chi connectivity index (χ4v) is 12.8. The van der Waals surface area contributed by atoms with Crippen LogP contribution in [0, 0.1) is 34.3 Å². The Kier molecular flexibility index (Phi) is 14.8. The summed E-state index contributed by atoms with van der Waals surface area (Å²) in [5.74, 6) is 2.11. The maximum atomic E-state index is 14.0. The molecule has 10 nitrogen and oxygen atoms in total. The molecule has 0 unspecified atom stereocenters. The van der Waals surface area contributed by atoms with Gasteiger partial charge in [0.25, 0.3) is 0 Å². The van der Waals surface area contributed by atoms with Crippen LogP contribution in [0.3, 0.4) is 0 Å². The van der Waals surface area contributed by atoms with Crippen LogP contribution in [-0.2, 0) is 0 Å². The quantitative estimate of drug-likeness (QED) is 0.0814. The van der Waals surface area contributed by atoms with Crippen LogP contribution in [0.4, 0.5) is 65.9 Å². The monoisotopic (exact) mass is 1240 g/mol. The van der Waals surface area contributed by atoms with Crippen LogP contribution in [0.2, 0.25) is 0 Å². The molecule has 0 spiro atoms. The average Bonchev–Trinajstić information content (AvgIpc) is 1.75. The normalized spacial score (nSPS) is 13.0. The molecular weight excluding hydrogens is 1190 g/mol. The van der Waals surface area contributed by atoms with Crippen LogP contribution in [0.5, 0.6) is 0 Å². The second-order valence-corrected chi connectivity index (χ2v) is 23.3. The van der Waals surface area contributed by atoms with E-state index in [-0.39, 0.29) is 22.8 Å². The van der Waals surface area contributed by atoms with E-state index < -0.39 is 0 Å². The summed E-state index contributed by atoms with van der Waals surface area (Å²) in [6, 6.07) is 98.4. The topological polar surface area (TPSA) is 129 Å². The second kappa shape index (κ2) is 24.7. The fourth-order valence-electron chi connectivity index (χ4n) is 12.8. The van der Waals surface area contributed by atoms with Gasteiger partial charge < -0.3 is 20.4 Å². The molecule has 0 radical (unpaired) electrons. The Bertz CT molecular complexity index is 5130. The van der Waals surface area contributed by atoms with E-state index in [2.05, 4.69) is 130 Å². The van der Waals surface area contributed by atoms with Gasteiger partial charge in [0.1, 0.15) is 35.4 Å². The Morgan fingerprint density at radius 3 is 0.906 bits per heavy atom. The minimum Gasteiger partial charge on any atom is -0.339 e. The standard InChI is InChI=1S/C84H52F2N10/c85-65-31-13-53(14-32-65)55-17-35-67(36-18-55)95(69-39-21-57(22-40-69)63-29-47-79(89-51-63)93-83-73-9-1-5-61-7-3-11-77(91-83)81(61)73)71-43-25-59(26-44-71)75(49-87)76(50-88)60-27-45-72(46-28-60)96(68-37-19-56(20-38-68)54-15-33-66(86)34-16-54)70-41-23-58(24-42-70)64-30-48-80(90-52-64)94-84-74-10-2-6-62-8-4-12-78(92-84)82(62)74/h1-48,51-52H,(H,89,91,93)(H,90,92,94)/b76-75+. The fraction of sp³-hybridized carbons (Fsp3) is 0. The zero-order chi connectivity index (χ0) is 64.6. The lowest BCUT2D eigenvalue weighted by molar-refractivity contribution is 0.627. The van der Waals surface area contributed by atoms with Crippen molar-refractivity contribution in [2.45, 2.75) is 0 Å². The number of aromatic nitrogens is 2. The number of hydrogen-bond donors (Lipinski definition) is 2. The van der Waals surface area contributed by atoms with E-state index in [9.17, 15) is 19.3 Å². The molecule has 0 aliphatic carbocycles. The number of nitriles is 2. The zero-order valence-corrected chi connectivity index (χ0v) is 51.2. The molecule has 2 aliphatic rings. The van der Waals surface area contributed by atoms with E-state index in [1.165, 1.54) is 24.3 Å². The van der Waals surface area contributed by atoms with Crippen molar-refractivity contribution < 1.29 is 8.78 Å². The molecule has 0 atom stereocenters. The summed E-state index contributed by atoms with van der Waals surface area (Å²) in [7, 11) is 0. The van der Waals surface area contributed by atoms with Gasteiger partial charge in [0.05, 0.1) is 11.1 Å². The maximum absolute atomic E-state index is 14.0. The number of nitrogens with one attached hydrogen (secondary N) is 2. The highest BCUT2D eigenvalue weighted by Gasteiger charge is 2.23. The van der Waals surface area contributed by atoms with Gasteiger partial charge in [0.2, 0.25) is 0 Å². The summed E-state index contributed by atoms with van der Waals surface area (Å²) >= 11 is 0. The van der Waals surface area contributed by atoms with Crippen LogP contribution in [0.25, 0.3) is 77.2 Å². The largest absolute Gasteiger partial charge is 0.339 e. The van der Waals surface area contributed by atoms with Gasteiger partial charge in [-0.2, -0.15) is 10.5 Å². The van der Waals surface area contributed by atoms with E-state index in [1.54, 1.807) is 24.3 Å². The molecular formula is C84H52F2N10. The van der Waals surface area contributed by atoms with Crippen LogP contribution in [0.15, 0.2) is 314 Å². The van der Waals surface area contributed by atoms with Gasteiger partial charge in [0.15, 0.2) is 11.6 Å². The number of aliphatic imine (C=N–C) groups is 2. The lowest BCUT2D eigenvalue weighted by Gasteiger charge is -2.26. The molecule has 14 aromatic rings. The van der Waals surface area contributed by atoms with Gasteiger partial charge in [-0.25, -0.2) is 28.7 Å². The van der Waals surface area contributed by atoms with E-state index >= 15 is 0 Å². The molecule has 12 aromatic carbocycles. The average molecular weight is 1240 g/mol. The van der Waals surface area contributed by atoms with Crippen molar-refractivity contribution in [3.05, 3.63) is 337 Å². The number of pyridine rings is 2. The first-order chi connectivity index (χ1) is 47.2. The van der Waals surface area contributed by atoms with E-state index in [4.69, 9.17) is 20.0 Å². The van der Waals surface area contributed by atoms with Crippen LogP contribution in [0.1, 0.15) is 22.3 Å². The number of allylic oxidation sites excluding steroid dienone is 2. The van der Waals surface area contributed by atoms with Gasteiger partial charge in [0, 0.05) is 90.9 Å². The van der Waals surface area contributed by atoms with Crippen molar-refractivity contribution in [3.63, 3.8) is 0 Å². The van der Waals surface area contributed by atoms with E-state index in [0.717, 1.165) is 134 Å². The van der Waals surface area contributed by atoms with Crippen LogP contribution in [-0.4, -0.2) is 21.6 Å². The zero-order valence-electron chi connectivity index (χ0n) is 51.2. The molecule has 2 aromatic heterocycles. The van der Waals surface area contributed by atoms with Gasteiger partial charge in [-0.15, -0.1) is 0 Å². The second-order valence-electron chi connectivity index (χ2n) is 23.3. The smallest absolute Gasteiger partial charge is 0.154 e. The third kappa shape index (κ3) is 11.1. The summed E-state index contributed by atoms with van der Waals surface area (Å²) in [6.07, 6.45) is 3.67. The van der Waals surface area contributed by atoms with Crippen molar-refractivity contribution in [1.82, 2.24) is 9.97 Å². The number of anilines is 8. The molecule has 452 valence electrons. The predicted octanol–water partition coefficient (Wildman–Crippen LogP) is 21.6. The predicted molar refractivity (Wildman–Crippen MR) is 385 cm³/mol. The lowest BCUT2D eigenvalue weighted by atomic mass is 9.95. The number of halogens is 2. The number of amidine groups is 2. The molecule has 96 heavy (non-hydrogen) atoms. The minimum absolute atomic E-state index is 0.224. The van der Waals surface area contributed by atoms with Crippen molar-refractivity contribution in [1.29, 1.82) is 10.5 Å². The Morgan fingerprint density at radius 2 is 0.604 bits per heavy atom. The maximum Gasteiger partial charge on any atom is 0.154 e. The molecule has 0 bridgehead atoms. The van der Waals surface area contributed by atoms with Gasteiger partial charge in [-0.3, -0.25) is 0 Å². The first kappa shape index (κ1) is 57.7. The Balaban J connectivity index is 0.679. The summed E-state index contributed by atoms with van der Waals surface area (Å²) in [6.45, 7) is 0. The first-order valence-corrected chi connectivity index (χ1v) is 31.2. The van der Waals surface area contributed by atoms with E-state index in [0.29, 0.717) is 22.8 Å². The molecule has 16 rings (SSSR count). The van der Waals surface area contributed by atoms with E-state index in [1.807, 2.05) is 158 Å². The molecule has 2 aliphatic heterocycles. The van der Waals surface area contributed by atoms with Crippen LogP contribution >= 0.6 is 0 Å². The molecule has 4 heterocycles. The molecule has 0 amide bonds. The Labute approximate surface area is 552 Å². The molecule has 0 saturated carbocycles. The van der Waals surface area contributed by atoms with Crippen molar-refractivity contribution >= 4 is 101 Å². The molecule has 0 saturated heterocycles. The lowest BCUT2D eigenvalue weighted by Crippen LogP contribution is -2.10. The summed E-state index contributed by atoms with van der Waals surface area (Å²) in [5, 5.41) is 33.4. The molecule has 0 fully saturated rings. The summed E-state index contributed by atoms with van der Waals surface area (Å²) < 4.78 is 27.9. The summed E-state index contributed by atoms with van der Waals surface area (Å²) in [4.78, 5) is 23.6. The van der Waals surface area contributed by atoms with Gasteiger partial charge in [-0.1, -0.05) is 158 Å². The number of benzene rings is 12. The van der Waals surface area contributed by atoms with Crippen LogP contribution < -0.4 is 20.4 Å². The van der Waals surface area contributed by atoms with Gasteiger partial charge in [-0.05, 0) is 189 Å².